The van der Waals surface area contributed by atoms with Gasteiger partial charge in [0, 0.05) is 17.7 Å². The van der Waals surface area contributed by atoms with E-state index in [2.05, 4.69) is 33.2 Å². The van der Waals surface area contributed by atoms with Crippen LogP contribution in [0.3, 0.4) is 0 Å². The van der Waals surface area contributed by atoms with Crippen molar-refractivity contribution in [3.05, 3.63) is 63.1 Å². The summed E-state index contributed by atoms with van der Waals surface area (Å²) in [6, 6.07) is 12.2. The minimum Gasteiger partial charge on any atom is -0.365 e. The maximum Gasteiger partial charge on any atom is 0.259 e. The van der Waals surface area contributed by atoms with E-state index in [0.717, 1.165) is 33.4 Å². The van der Waals surface area contributed by atoms with Crippen LogP contribution >= 0.6 is 27.3 Å². The second-order valence-electron chi connectivity index (χ2n) is 6.15. The van der Waals surface area contributed by atoms with Crippen LogP contribution in [0.4, 0.5) is 0 Å². The predicted molar refractivity (Wildman–Crippen MR) is 109 cm³/mol. The molecule has 0 aliphatic rings. The molecule has 2 heterocycles. The number of benzene rings is 1. The average Bonchev–Trinajstić information content (AvgIpc) is 3.20. The summed E-state index contributed by atoms with van der Waals surface area (Å²) in [5, 5.41) is 4.22. The number of carbonyl (C=O) groups is 1. The predicted octanol–water partition coefficient (Wildman–Crippen LogP) is 3.69. The highest BCUT2D eigenvalue weighted by Gasteiger charge is 2.27. The average molecular weight is 433 g/mol. The molecule has 26 heavy (non-hydrogen) atoms. The Bertz CT molecular complexity index is 904. The molecule has 0 aliphatic heterocycles. The van der Waals surface area contributed by atoms with Crippen LogP contribution in [-0.2, 0) is 13.5 Å². The number of rotatable bonds is 7. The summed E-state index contributed by atoms with van der Waals surface area (Å²) in [4.78, 5) is 13.6. The number of carbonyl (C=O) groups excluding carboxylic acids is 1. The molecule has 0 fully saturated rings. The maximum absolute atomic E-state index is 12.1. The van der Waals surface area contributed by atoms with Gasteiger partial charge in [-0.15, -0.1) is 11.3 Å². The second-order valence-corrected chi connectivity index (χ2v) is 7.96. The molecule has 1 amide bonds. The lowest BCUT2D eigenvalue weighted by atomic mass is 9.92. The van der Waals surface area contributed by atoms with E-state index in [-0.39, 0.29) is 5.92 Å². The highest BCUT2D eigenvalue weighted by atomic mass is 79.9. The lowest BCUT2D eigenvalue weighted by Crippen LogP contribution is -2.18. The minimum atomic E-state index is -0.419. The molecule has 1 atom stereocenters. The fourth-order valence-corrected chi connectivity index (χ4v) is 5.39. The van der Waals surface area contributed by atoms with Crippen molar-refractivity contribution in [2.75, 3.05) is 6.54 Å². The Labute approximate surface area is 165 Å². The molecule has 5 nitrogen and oxygen atoms in total. The van der Waals surface area contributed by atoms with Crippen LogP contribution in [0.15, 0.2) is 47.1 Å². The van der Waals surface area contributed by atoms with Crippen molar-refractivity contribution in [1.29, 1.82) is 0 Å². The van der Waals surface area contributed by atoms with E-state index in [0.29, 0.717) is 11.4 Å². The van der Waals surface area contributed by atoms with Crippen molar-refractivity contribution in [2.45, 2.75) is 18.8 Å². The van der Waals surface area contributed by atoms with Crippen molar-refractivity contribution in [3.8, 4) is 10.6 Å². The number of primary amides is 1. The lowest BCUT2D eigenvalue weighted by molar-refractivity contribution is 0.100. The molecule has 0 saturated heterocycles. The zero-order valence-corrected chi connectivity index (χ0v) is 16.9. The third kappa shape index (κ3) is 3.75. The molecule has 3 rings (SSSR count). The molecule has 136 valence electrons. The van der Waals surface area contributed by atoms with E-state index in [1.165, 1.54) is 16.9 Å². The SMILES string of the molecule is Cn1nccc1-c1sc(C(N)=O)c(C(CN)CCc2ccccc2)c1Br. The lowest BCUT2D eigenvalue weighted by Gasteiger charge is -2.16. The molecule has 0 spiro atoms. The molecule has 4 N–H and O–H groups in total. The Morgan fingerprint density at radius 1 is 1.31 bits per heavy atom. The topological polar surface area (TPSA) is 86.9 Å². The summed E-state index contributed by atoms with van der Waals surface area (Å²) in [6.45, 7) is 0.452. The van der Waals surface area contributed by atoms with Gasteiger partial charge < -0.3 is 11.5 Å². The Balaban J connectivity index is 1.97. The Morgan fingerprint density at radius 2 is 2.04 bits per heavy atom. The van der Waals surface area contributed by atoms with Gasteiger partial charge in [-0.05, 0) is 58.4 Å². The van der Waals surface area contributed by atoms with Gasteiger partial charge in [-0.1, -0.05) is 30.3 Å². The van der Waals surface area contributed by atoms with Gasteiger partial charge in [-0.2, -0.15) is 5.10 Å². The van der Waals surface area contributed by atoms with Gasteiger partial charge in [-0.3, -0.25) is 9.48 Å². The van der Waals surface area contributed by atoms with Crippen LogP contribution in [0.5, 0.6) is 0 Å². The quantitative estimate of drug-likeness (QED) is 0.596. The van der Waals surface area contributed by atoms with Crippen molar-refractivity contribution < 1.29 is 4.79 Å². The monoisotopic (exact) mass is 432 g/mol. The number of aromatic nitrogens is 2. The first-order valence-electron chi connectivity index (χ1n) is 8.37. The Hall–Kier alpha value is -1.96. The Morgan fingerprint density at radius 3 is 2.62 bits per heavy atom. The maximum atomic E-state index is 12.1. The number of hydrogen-bond donors (Lipinski definition) is 2. The van der Waals surface area contributed by atoms with Gasteiger partial charge in [0.15, 0.2) is 0 Å². The number of amides is 1. The van der Waals surface area contributed by atoms with Crippen LogP contribution in [0.1, 0.15) is 33.1 Å². The number of aryl methyl sites for hydroxylation is 2. The standard InChI is InChI=1S/C19H21BrN4OS/c1-24-14(9-10-23-24)17-16(20)15(18(26-17)19(22)25)13(11-21)8-7-12-5-3-2-4-6-12/h2-6,9-10,13H,7-8,11,21H2,1H3,(H2,22,25). The highest BCUT2D eigenvalue weighted by Crippen LogP contribution is 2.44. The van der Waals surface area contributed by atoms with Crippen molar-refractivity contribution in [3.63, 3.8) is 0 Å². The summed E-state index contributed by atoms with van der Waals surface area (Å²) < 4.78 is 2.68. The normalized spacial score (nSPS) is 12.3. The smallest absolute Gasteiger partial charge is 0.259 e. The zero-order chi connectivity index (χ0) is 18.7. The number of halogens is 1. The number of hydrogen-bond acceptors (Lipinski definition) is 4. The van der Waals surface area contributed by atoms with Gasteiger partial charge in [0.25, 0.3) is 5.91 Å². The number of nitrogens with zero attached hydrogens (tertiary/aromatic N) is 2. The molecule has 1 unspecified atom stereocenters. The van der Waals surface area contributed by atoms with Crippen molar-refractivity contribution in [2.24, 2.45) is 18.5 Å². The molecule has 3 aromatic rings. The van der Waals surface area contributed by atoms with Gasteiger partial charge in [-0.25, -0.2) is 0 Å². The fraction of sp³-hybridized carbons (Fsp3) is 0.263. The molecule has 0 bridgehead atoms. The van der Waals surface area contributed by atoms with Crippen LogP contribution in [0, 0.1) is 0 Å². The number of thiophene rings is 1. The van der Waals surface area contributed by atoms with Gasteiger partial charge in [0.2, 0.25) is 0 Å². The van der Waals surface area contributed by atoms with E-state index in [1.807, 2.05) is 31.3 Å². The summed E-state index contributed by atoms with van der Waals surface area (Å²) in [5.74, 6) is -0.373. The molecular formula is C19H21BrN4OS. The fourth-order valence-electron chi connectivity index (χ4n) is 3.10. The van der Waals surface area contributed by atoms with E-state index in [4.69, 9.17) is 11.5 Å². The summed E-state index contributed by atoms with van der Waals surface area (Å²) in [7, 11) is 1.88. The van der Waals surface area contributed by atoms with E-state index in [9.17, 15) is 4.79 Å². The van der Waals surface area contributed by atoms with Crippen molar-refractivity contribution in [1.82, 2.24) is 9.78 Å². The zero-order valence-electron chi connectivity index (χ0n) is 14.5. The molecule has 7 heteroatoms. The first-order valence-corrected chi connectivity index (χ1v) is 9.98. The largest absolute Gasteiger partial charge is 0.365 e. The number of nitrogens with two attached hydrogens (primary N) is 2. The summed E-state index contributed by atoms with van der Waals surface area (Å²) in [5.41, 5.74) is 14.9. The molecule has 0 radical (unpaired) electrons. The third-order valence-corrected chi connectivity index (χ3v) is 6.81. The molecule has 2 aromatic heterocycles. The van der Waals surface area contributed by atoms with Crippen LogP contribution < -0.4 is 11.5 Å². The van der Waals surface area contributed by atoms with E-state index >= 15 is 0 Å². The first kappa shape index (κ1) is 18.8. The van der Waals surface area contributed by atoms with E-state index < -0.39 is 5.91 Å². The van der Waals surface area contributed by atoms with Gasteiger partial charge >= 0.3 is 0 Å². The minimum absolute atomic E-state index is 0.0466. The molecule has 0 aliphatic carbocycles. The highest BCUT2D eigenvalue weighted by molar-refractivity contribution is 9.10. The van der Waals surface area contributed by atoms with Gasteiger partial charge in [0.05, 0.1) is 15.4 Å². The van der Waals surface area contributed by atoms with Crippen LogP contribution in [0.25, 0.3) is 10.6 Å². The van der Waals surface area contributed by atoms with Gasteiger partial charge in [0.1, 0.15) is 0 Å². The summed E-state index contributed by atoms with van der Waals surface area (Å²) in [6.07, 6.45) is 3.48. The van der Waals surface area contributed by atoms with Crippen LogP contribution in [0.2, 0.25) is 0 Å². The molecule has 0 saturated carbocycles. The van der Waals surface area contributed by atoms with Crippen molar-refractivity contribution >= 4 is 33.2 Å². The van der Waals surface area contributed by atoms with E-state index in [1.54, 1.807) is 10.9 Å². The van der Waals surface area contributed by atoms with Crippen LogP contribution in [-0.4, -0.2) is 22.2 Å². The Kier molecular flexibility index (Phi) is 5.90. The summed E-state index contributed by atoms with van der Waals surface area (Å²) >= 11 is 5.09. The second kappa shape index (κ2) is 8.16. The molecular weight excluding hydrogens is 412 g/mol. The first-order chi connectivity index (χ1) is 12.5. The third-order valence-electron chi connectivity index (χ3n) is 4.48. The molecule has 1 aromatic carbocycles.